The maximum absolute atomic E-state index is 3.93. The van der Waals surface area contributed by atoms with Crippen molar-refractivity contribution in [1.82, 2.24) is 20.8 Å². The van der Waals surface area contributed by atoms with Gasteiger partial charge in [-0.15, -0.1) is 0 Å². The SMILES string of the molecule is CC1CNCCC1NCc1cn[nH]c1. The molecular weight excluding hydrogens is 176 g/mol. The summed E-state index contributed by atoms with van der Waals surface area (Å²) in [7, 11) is 0. The van der Waals surface area contributed by atoms with Gasteiger partial charge in [0.05, 0.1) is 6.20 Å². The van der Waals surface area contributed by atoms with Crippen LogP contribution in [0.15, 0.2) is 12.4 Å². The van der Waals surface area contributed by atoms with Gasteiger partial charge in [-0.1, -0.05) is 6.92 Å². The van der Waals surface area contributed by atoms with Crippen molar-refractivity contribution < 1.29 is 0 Å². The Bertz CT molecular complexity index is 257. The molecule has 14 heavy (non-hydrogen) atoms. The molecule has 1 fully saturated rings. The lowest BCUT2D eigenvalue weighted by atomic mass is 9.95. The summed E-state index contributed by atoms with van der Waals surface area (Å²) in [6.07, 6.45) is 5.04. The van der Waals surface area contributed by atoms with Gasteiger partial charge in [0.25, 0.3) is 0 Å². The second kappa shape index (κ2) is 4.57. The molecule has 0 radical (unpaired) electrons. The minimum absolute atomic E-state index is 0.645. The van der Waals surface area contributed by atoms with E-state index in [0.717, 1.165) is 25.6 Å². The smallest absolute Gasteiger partial charge is 0.0532 e. The minimum atomic E-state index is 0.645. The van der Waals surface area contributed by atoms with Crippen molar-refractivity contribution in [2.75, 3.05) is 13.1 Å². The van der Waals surface area contributed by atoms with Gasteiger partial charge in [0.15, 0.2) is 0 Å². The van der Waals surface area contributed by atoms with E-state index in [1.165, 1.54) is 12.0 Å². The van der Waals surface area contributed by atoms with Crippen molar-refractivity contribution in [2.45, 2.75) is 25.9 Å². The van der Waals surface area contributed by atoms with Gasteiger partial charge < -0.3 is 10.6 Å². The zero-order valence-corrected chi connectivity index (χ0v) is 8.59. The van der Waals surface area contributed by atoms with Crippen LogP contribution < -0.4 is 10.6 Å². The van der Waals surface area contributed by atoms with Gasteiger partial charge in [0.1, 0.15) is 0 Å². The minimum Gasteiger partial charge on any atom is -0.316 e. The third kappa shape index (κ3) is 2.33. The van der Waals surface area contributed by atoms with Gasteiger partial charge in [-0.25, -0.2) is 0 Å². The molecule has 0 aromatic carbocycles. The van der Waals surface area contributed by atoms with Crippen LogP contribution in [0.5, 0.6) is 0 Å². The summed E-state index contributed by atoms with van der Waals surface area (Å²) in [4.78, 5) is 0. The molecule has 1 aromatic rings. The maximum atomic E-state index is 3.93. The fourth-order valence-electron chi connectivity index (χ4n) is 1.94. The third-order valence-electron chi connectivity index (χ3n) is 2.91. The van der Waals surface area contributed by atoms with Gasteiger partial charge in [-0.2, -0.15) is 5.10 Å². The van der Waals surface area contributed by atoms with Crippen LogP contribution >= 0.6 is 0 Å². The molecule has 4 nitrogen and oxygen atoms in total. The van der Waals surface area contributed by atoms with Gasteiger partial charge in [0, 0.05) is 24.3 Å². The van der Waals surface area contributed by atoms with Crippen LogP contribution in [-0.4, -0.2) is 29.3 Å². The van der Waals surface area contributed by atoms with Gasteiger partial charge in [-0.05, 0) is 25.4 Å². The summed E-state index contributed by atoms with van der Waals surface area (Å²) in [6, 6.07) is 0.645. The molecule has 1 aromatic heterocycles. The lowest BCUT2D eigenvalue weighted by Gasteiger charge is -2.30. The third-order valence-corrected chi connectivity index (χ3v) is 2.91. The Kier molecular flexibility index (Phi) is 3.16. The van der Waals surface area contributed by atoms with E-state index in [2.05, 4.69) is 27.8 Å². The molecule has 4 heteroatoms. The van der Waals surface area contributed by atoms with Crippen LogP contribution in [0.2, 0.25) is 0 Å². The zero-order valence-electron chi connectivity index (χ0n) is 8.59. The zero-order chi connectivity index (χ0) is 9.80. The molecule has 78 valence electrons. The number of nitrogens with zero attached hydrogens (tertiary/aromatic N) is 1. The Morgan fingerprint density at radius 3 is 3.29 bits per heavy atom. The molecule has 1 aliphatic rings. The quantitative estimate of drug-likeness (QED) is 0.656. The van der Waals surface area contributed by atoms with Crippen molar-refractivity contribution in [3.05, 3.63) is 18.0 Å². The lowest BCUT2D eigenvalue weighted by molar-refractivity contribution is 0.295. The van der Waals surface area contributed by atoms with E-state index < -0.39 is 0 Å². The molecule has 2 unspecified atom stereocenters. The lowest BCUT2D eigenvalue weighted by Crippen LogP contribution is -2.45. The highest BCUT2D eigenvalue weighted by atomic mass is 15.1. The van der Waals surface area contributed by atoms with Crippen molar-refractivity contribution in [2.24, 2.45) is 5.92 Å². The first-order valence-electron chi connectivity index (χ1n) is 5.28. The average molecular weight is 194 g/mol. The van der Waals surface area contributed by atoms with E-state index in [4.69, 9.17) is 0 Å². The van der Waals surface area contributed by atoms with Crippen LogP contribution in [0.3, 0.4) is 0 Å². The second-order valence-electron chi connectivity index (χ2n) is 4.06. The average Bonchev–Trinajstić information content (AvgIpc) is 2.69. The van der Waals surface area contributed by atoms with Gasteiger partial charge in [-0.3, -0.25) is 5.10 Å². The highest BCUT2D eigenvalue weighted by Gasteiger charge is 2.19. The highest BCUT2D eigenvalue weighted by Crippen LogP contribution is 2.10. The Morgan fingerprint density at radius 1 is 1.64 bits per heavy atom. The number of hydrogen-bond donors (Lipinski definition) is 3. The van der Waals surface area contributed by atoms with Crippen molar-refractivity contribution in [1.29, 1.82) is 0 Å². The predicted octanol–water partition coefficient (Wildman–Crippen LogP) is 0.497. The normalized spacial score (nSPS) is 27.8. The standard InChI is InChI=1S/C10H18N4/c1-8-4-11-3-2-10(8)12-5-9-6-13-14-7-9/h6-8,10-12H,2-5H2,1H3,(H,13,14). The van der Waals surface area contributed by atoms with Crippen molar-refractivity contribution in [3.63, 3.8) is 0 Å². The molecule has 1 aliphatic heterocycles. The monoisotopic (exact) mass is 194 g/mol. The molecule has 0 saturated carbocycles. The first-order chi connectivity index (χ1) is 6.86. The molecule has 0 amide bonds. The Hall–Kier alpha value is -0.870. The van der Waals surface area contributed by atoms with E-state index in [1.54, 1.807) is 0 Å². The molecule has 0 bridgehead atoms. The molecule has 0 aliphatic carbocycles. The van der Waals surface area contributed by atoms with Crippen LogP contribution in [0.1, 0.15) is 18.9 Å². The summed E-state index contributed by atoms with van der Waals surface area (Å²) in [5.41, 5.74) is 1.23. The molecule has 2 atom stereocenters. The molecule has 0 spiro atoms. The van der Waals surface area contributed by atoms with E-state index in [9.17, 15) is 0 Å². The predicted molar refractivity (Wildman–Crippen MR) is 55.9 cm³/mol. The van der Waals surface area contributed by atoms with E-state index in [1.807, 2.05) is 12.4 Å². The summed E-state index contributed by atoms with van der Waals surface area (Å²) in [6.45, 7) is 5.47. The number of piperidine rings is 1. The summed E-state index contributed by atoms with van der Waals surface area (Å²) in [5, 5.41) is 13.7. The summed E-state index contributed by atoms with van der Waals surface area (Å²) in [5.74, 6) is 0.718. The fraction of sp³-hybridized carbons (Fsp3) is 0.700. The van der Waals surface area contributed by atoms with Crippen LogP contribution in [0.25, 0.3) is 0 Å². The van der Waals surface area contributed by atoms with E-state index >= 15 is 0 Å². The largest absolute Gasteiger partial charge is 0.316 e. The first-order valence-corrected chi connectivity index (χ1v) is 5.28. The highest BCUT2D eigenvalue weighted by molar-refractivity contribution is 5.02. The molecular formula is C10H18N4. The Labute approximate surface area is 84.5 Å². The summed E-state index contributed by atoms with van der Waals surface area (Å²) < 4.78 is 0. The Morgan fingerprint density at radius 2 is 2.57 bits per heavy atom. The topological polar surface area (TPSA) is 52.7 Å². The van der Waals surface area contributed by atoms with Crippen molar-refractivity contribution in [3.8, 4) is 0 Å². The maximum Gasteiger partial charge on any atom is 0.0532 e. The number of rotatable bonds is 3. The number of aromatic amines is 1. The molecule has 3 N–H and O–H groups in total. The first kappa shape index (κ1) is 9.68. The second-order valence-corrected chi connectivity index (χ2v) is 4.06. The molecule has 1 saturated heterocycles. The number of aromatic nitrogens is 2. The van der Waals surface area contributed by atoms with E-state index in [-0.39, 0.29) is 0 Å². The van der Waals surface area contributed by atoms with Crippen LogP contribution in [0, 0.1) is 5.92 Å². The van der Waals surface area contributed by atoms with E-state index in [0.29, 0.717) is 6.04 Å². The Balaban J connectivity index is 1.79. The number of hydrogen-bond acceptors (Lipinski definition) is 3. The molecule has 2 rings (SSSR count). The number of H-pyrrole nitrogens is 1. The fourth-order valence-corrected chi connectivity index (χ4v) is 1.94. The number of nitrogens with one attached hydrogen (secondary N) is 3. The van der Waals surface area contributed by atoms with Crippen LogP contribution in [-0.2, 0) is 6.54 Å². The molecule has 2 heterocycles. The van der Waals surface area contributed by atoms with Crippen molar-refractivity contribution >= 4 is 0 Å². The van der Waals surface area contributed by atoms with Crippen LogP contribution in [0.4, 0.5) is 0 Å². The summed E-state index contributed by atoms with van der Waals surface area (Å²) >= 11 is 0. The van der Waals surface area contributed by atoms with Gasteiger partial charge >= 0.3 is 0 Å². The van der Waals surface area contributed by atoms with Gasteiger partial charge in [0.2, 0.25) is 0 Å².